The SMILES string of the molecule is CN(C)c1cc[nH+]cc1.[O]=[Cr](=[O])([O-])[Cl]. The van der Waals surface area contributed by atoms with E-state index in [1.807, 2.05) is 38.6 Å². The molecule has 0 spiro atoms. The van der Waals surface area contributed by atoms with E-state index in [1.54, 1.807) is 0 Å². The number of anilines is 1. The number of rotatable bonds is 1. The maximum absolute atomic E-state index is 8.91. The number of H-pyrrole nitrogens is 1. The van der Waals surface area contributed by atoms with Gasteiger partial charge >= 0.3 is 34.2 Å². The number of pyridine rings is 1. The predicted octanol–water partition coefficient (Wildman–Crippen LogP) is -0.173. The Hall–Kier alpha value is -0.668. The Morgan fingerprint density at radius 1 is 1.36 bits per heavy atom. The van der Waals surface area contributed by atoms with Crippen LogP contribution in [0.25, 0.3) is 0 Å². The summed E-state index contributed by atoms with van der Waals surface area (Å²) < 4.78 is 26.7. The van der Waals surface area contributed by atoms with E-state index >= 15 is 0 Å². The average molecular weight is 259 g/mol. The molecule has 0 aliphatic heterocycles. The van der Waals surface area contributed by atoms with Crippen LogP contribution in [0.5, 0.6) is 0 Å². The Labute approximate surface area is 88.6 Å². The Morgan fingerprint density at radius 3 is 1.93 bits per heavy atom. The monoisotopic (exact) mass is 258 g/mol. The van der Waals surface area contributed by atoms with Crippen molar-refractivity contribution in [2.75, 3.05) is 19.0 Å². The molecular weight excluding hydrogens is 248 g/mol. The third-order valence-corrected chi connectivity index (χ3v) is 1.22. The van der Waals surface area contributed by atoms with Gasteiger partial charge in [0.25, 0.3) is 0 Å². The van der Waals surface area contributed by atoms with Crippen LogP contribution in [0.1, 0.15) is 0 Å². The molecule has 1 heterocycles. The van der Waals surface area contributed by atoms with Crippen molar-refractivity contribution in [1.82, 2.24) is 0 Å². The van der Waals surface area contributed by atoms with Crippen molar-refractivity contribution in [3.8, 4) is 0 Å². The van der Waals surface area contributed by atoms with Crippen molar-refractivity contribution < 1.29 is 29.1 Å². The van der Waals surface area contributed by atoms with Crippen LogP contribution in [-0.4, -0.2) is 14.1 Å². The van der Waals surface area contributed by atoms with Crippen molar-refractivity contribution in [3.05, 3.63) is 24.5 Å². The molecule has 1 N–H and O–H groups in total. The number of hydrogen-bond donors (Lipinski definition) is 0. The zero-order valence-corrected chi connectivity index (χ0v) is 9.80. The molecule has 0 aromatic carbocycles. The average Bonchev–Trinajstić information content (AvgIpc) is 2.03. The van der Waals surface area contributed by atoms with Gasteiger partial charge in [-0.25, -0.2) is 4.98 Å². The molecule has 0 bridgehead atoms. The summed E-state index contributed by atoms with van der Waals surface area (Å²) in [5.74, 6) is 0. The summed E-state index contributed by atoms with van der Waals surface area (Å²) >= 11 is -5.03. The Bertz CT molecular complexity index is 344. The molecule has 0 radical (unpaired) electrons. The number of halogens is 1. The predicted molar refractivity (Wildman–Crippen MR) is 44.6 cm³/mol. The number of hydrogen-bond acceptors (Lipinski definition) is 4. The standard InChI is InChI=1S/C7H10N2.ClH.Cr.3O/c1-9(2)7-3-5-8-6-4-7;;;;;/h3-6H,1-2H3;1H;;;;/q;;+1;;;-1. The zero-order chi connectivity index (χ0) is 11.2. The Kier molecular flexibility index (Phi) is 5.65. The molecule has 0 saturated heterocycles. The van der Waals surface area contributed by atoms with E-state index in [0.717, 1.165) is 0 Å². The number of aromatic amines is 1. The van der Waals surface area contributed by atoms with Gasteiger partial charge in [-0.2, -0.15) is 0 Å². The molecule has 80 valence electrons. The second kappa shape index (κ2) is 5.94. The van der Waals surface area contributed by atoms with Crippen LogP contribution >= 0.6 is 10.0 Å². The molecule has 1 rings (SSSR count). The van der Waals surface area contributed by atoms with Gasteiger partial charge in [-0.15, -0.1) is 0 Å². The summed E-state index contributed by atoms with van der Waals surface area (Å²) in [6, 6.07) is 4.06. The Balaban J connectivity index is 0.000000292. The molecule has 0 amide bonds. The maximum atomic E-state index is 8.91. The van der Waals surface area contributed by atoms with E-state index in [1.165, 1.54) is 5.69 Å². The van der Waals surface area contributed by atoms with Crippen molar-refractivity contribution in [1.29, 1.82) is 0 Å². The summed E-state index contributed by atoms with van der Waals surface area (Å²) in [6.07, 6.45) is 3.82. The minimum absolute atomic E-state index is 1.22. The van der Waals surface area contributed by atoms with Gasteiger partial charge in [-0.05, 0) is 0 Å². The van der Waals surface area contributed by atoms with Gasteiger partial charge in [-0.1, -0.05) is 0 Å². The van der Waals surface area contributed by atoms with Crippen LogP contribution in [0.4, 0.5) is 5.69 Å². The first-order valence-corrected chi connectivity index (χ1v) is 6.91. The van der Waals surface area contributed by atoms with Gasteiger partial charge in [0.15, 0.2) is 12.4 Å². The van der Waals surface area contributed by atoms with Crippen LogP contribution in [-0.2, 0) is 20.0 Å². The van der Waals surface area contributed by atoms with Crippen molar-refractivity contribution in [3.63, 3.8) is 0 Å². The third kappa shape index (κ3) is 9.42. The second-order valence-electron chi connectivity index (χ2n) is 2.55. The molecule has 0 unspecified atom stereocenters. The molecule has 0 fully saturated rings. The first-order chi connectivity index (χ1) is 6.30. The summed E-state index contributed by atoms with van der Waals surface area (Å²) in [4.78, 5) is 5.02. The van der Waals surface area contributed by atoms with Gasteiger partial charge in [0, 0.05) is 31.9 Å². The molecular formula is C7H11ClCrN2O3. The van der Waals surface area contributed by atoms with Crippen molar-refractivity contribution in [2.24, 2.45) is 0 Å². The molecule has 0 aliphatic rings. The molecule has 1 aromatic rings. The summed E-state index contributed by atoms with van der Waals surface area (Å²) in [7, 11) is 8.07. The van der Waals surface area contributed by atoms with Crippen molar-refractivity contribution >= 4 is 15.7 Å². The van der Waals surface area contributed by atoms with Gasteiger partial charge in [0.1, 0.15) is 0 Å². The van der Waals surface area contributed by atoms with Gasteiger partial charge in [-0.3, -0.25) is 0 Å². The normalized spacial score (nSPS) is 10.0. The van der Waals surface area contributed by atoms with Crippen LogP contribution in [0.15, 0.2) is 24.5 Å². The zero-order valence-electron chi connectivity index (χ0n) is 7.77. The number of nitrogens with one attached hydrogen (secondary N) is 1. The molecule has 14 heavy (non-hydrogen) atoms. The van der Waals surface area contributed by atoms with Crippen molar-refractivity contribution in [2.45, 2.75) is 0 Å². The first kappa shape index (κ1) is 13.3. The fourth-order valence-corrected chi connectivity index (χ4v) is 0.676. The molecule has 1 aromatic heterocycles. The Morgan fingerprint density at radius 2 is 1.71 bits per heavy atom. The minimum atomic E-state index is -5.03. The second-order valence-corrected chi connectivity index (χ2v) is 5.33. The number of nitrogens with zero attached hydrogens (tertiary/aromatic N) is 1. The molecule has 0 atom stereocenters. The van der Waals surface area contributed by atoms with Crippen LogP contribution in [0, 0.1) is 0 Å². The first-order valence-electron chi connectivity index (χ1n) is 3.59. The molecule has 0 saturated carbocycles. The van der Waals surface area contributed by atoms with E-state index in [0.29, 0.717) is 0 Å². The molecule has 5 nitrogen and oxygen atoms in total. The fraction of sp³-hybridized carbons (Fsp3) is 0.286. The van der Waals surface area contributed by atoms with E-state index in [9.17, 15) is 0 Å². The molecule has 0 aliphatic carbocycles. The third-order valence-electron chi connectivity index (χ3n) is 1.22. The van der Waals surface area contributed by atoms with Gasteiger partial charge in [0.2, 0.25) is 0 Å². The number of aromatic nitrogens is 1. The van der Waals surface area contributed by atoms with Crippen LogP contribution in [0.2, 0.25) is 0 Å². The molecule has 7 heteroatoms. The van der Waals surface area contributed by atoms with E-state index in [4.69, 9.17) is 11.8 Å². The van der Waals surface area contributed by atoms with E-state index in [-0.39, 0.29) is 0 Å². The van der Waals surface area contributed by atoms with E-state index < -0.39 is 12.4 Å². The fourth-order valence-electron chi connectivity index (χ4n) is 0.676. The van der Waals surface area contributed by atoms with Gasteiger partial charge < -0.3 is 4.90 Å². The summed E-state index contributed by atoms with van der Waals surface area (Å²) in [6.45, 7) is 0. The van der Waals surface area contributed by atoms with E-state index in [2.05, 4.69) is 19.9 Å². The van der Waals surface area contributed by atoms with Crippen LogP contribution < -0.4 is 14.0 Å². The van der Waals surface area contributed by atoms with Gasteiger partial charge in [0.05, 0.1) is 0 Å². The summed E-state index contributed by atoms with van der Waals surface area (Å²) in [5.41, 5.74) is 1.22. The topological polar surface area (TPSA) is 74.6 Å². The quantitative estimate of drug-likeness (QED) is 0.701. The van der Waals surface area contributed by atoms with Crippen LogP contribution in [0.3, 0.4) is 0 Å². The summed E-state index contributed by atoms with van der Waals surface area (Å²) in [5, 5.41) is 0.